The van der Waals surface area contributed by atoms with Crippen molar-refractivity contribution in [2.45, 2.75) is 13.3 Å². The van der Waals surface area contributed by atoms with Crippen molar-refractivity contribution in [1.29, 1.82) is 5.26 Å². The molecule has 4 heteroatoms. The highest BCUT2D eigenvalue weighted by Crippen LogP contribution is 2.30. The molecule has 76 valence electrons. The lowest BCUT2D eigenvalue weighted by Gasteiger charge is -1.95. The first-order valence-electron chi connectivity index (χ1n) is 4.48. The van der Waals surface area contributed by atoms with E-state index in [0.717, 1.165) is 10.9 Å². The number of nitriles is 1. The summed E-state index contributed by atoms with van der Waals surface area (Å²) in [7, 11) is 0. The van der Waals surface area contributed by atoms with E-state index in [1.807, 2.05) is 13.0 Å². The zero-order chi connectivity index (χ0) is 11.0. The van der Waals surface area contributed by atoms with Crippen LogP contribution in [-0.2, 0) is 6.42 Å². The second-order valence-corrected chi connectivity index (χ2v) is 3.99. The van der Waals surface area contributed by atoms with E-state index >= 15 is 0 Å². The van der Waals surface area contributed by atoms with Gasteiger partial charge in [0.2, 0.25) is 5.76 Å². The third kappa shape index (κ3) is 1.53. The topological polar surface area (TPSA) is 36.9 Å². The lowest BCUT2D eigenvalue weighted by atomic mass is 10.1. The van der Waals surface area contributed by atoms with Crippen molar-refractivity contribution in [3.05, 3.63) is 33.7 Å². The number of hydrogen-bond acceptors (Lipinski definition) is 2. The van der Waals surface area contributed by atoms with Crippen LogP contribution in [0.25, 0.3) is 11.0 Å². The second kappa shape index (κ2) is 3.67. The summed E-state index contributed by atoms with van der Waals surface area (Å²) >= 11 is 3.11. The number of halogens is 2. The van der Waals surface area contributed by atoms with Gasteiger partial charge >= 0.3 is 0 Å². The molecular formula is C11H7BrFNO. The summed E-state index contributed by atoms with van der Waals surface area (Å²) in [6.45, 7) is 1.93. The summed E-state index contributed by atoms with van der Waals surface area (Å²) < 4.78 is 18.8. The van der Waals surface area contributed by atoms with E-state index in [2.05, 4.69) is 15.9 Å². The average Bonchev–Trinajstić information content (AvgIpc) is 2.56. The Morgan fingerprint density at radius 2 is 2.27 bits per heavy atom. The van der Waals surface area contributed by atoms with Gasteiger partial charge in [0.1, 0.15) is 17.5 Å². The first kappa shape index (κ1) is 10.2. The Morgan fingerprint density at radius 3 is 2.87 bits per heavy atom. The van der Waals surface area contributed by atoms with Crippen molar-refractivity contribution >= 4 is 26.9 Å². The summed E-state index contributed by atoms with van der Waals surface area (Å²) in [5, 5.41) is 9.63. The van der Waals surface area contributed by atoms with E-state index in [9.17, 15) is 4.39 Å². The van der Waals surface area contributed by atoms with Gasteiger partial charge in [-0.15, -0.1) is 0 Å². The van der Waals surface area contributed by atoms with Crippen LogP contribution in [0.15, 0.2) is 21.0 Å². The Bertz CT molecular complexity index is 568. The van der Waals surface area contributed by atoms with E-state index in [4.69, 9.17) is 9.68 Å². The molecular weight excluding hydrogens is 261 g/mol. The molecule has 0 amide bonds. The zero-order valence-electron chi connectivity index (χ0n) is 7.97. The fourth-order valence-electron chi connectivity index (χ4n) is 1.58. The van der Waals surface area contributed by atoms with Crippen LogP contribution in [0.3, 0.4) is 0 Å². The van der Waals surface area contributed by atoms with Crippen molar-refractivity contribution in [1.82, 2.24) is 0 Å². The second-order valence-electron chi connectivity index (χ2n) is 3.14. The minimum atomic E-state index is -0.386. The standard InChI is InChI=1S/C11H7BrFNO/c1-2-6-7-3-8(12)9(13)4-10(7)15-11(6)5-14/h3-4H,2H2,1H3. The summed E-state index contributed by atoms with van der Waals surface area (Å²) in [4.78, 5) is 0. The van der Waals surface area contributed by atoms with Crippen molar-refractivity contribution in [2.75, 3.05) is 0 Å². The Labute approximate surface area is 94.4 Å². The third-order valence-electron chi connectivity index (χ3n) is 2.29. The highest BCUT2D eigenvalue weighted by atomic mass is 79.9. The van der Waals surface area contributed by atoms with Gasteiger partial charge in [0.05, 0.1) is 4.47 Å². The van der Waals surface area contributed by atoms with Gasteiger partial charge in [-0.05, 0) is 28.4 Å². The molecule has 15 heavy (non-hydrogen) atoms. The van der Waals surface area contributed by atoms with Crippen LogP contribution in [0, 0.1) is 17.1 Å². The van der Waals surface area contributed by atoms with E-state index in [-0.39, 0.29) is 11.6 Å². The quantitative estimate of drug-likeness (QED) is 0.789. The molecule has 0 N–H and O–H groups in total. The summed E-state index contributed by atoms with van der Waals surface area (Å²) in [6, 6.07) is 4.91. The Balaban J connectivity index is 2.85. The molecule has 2 rings (SSSR count). The van der Waals surface area contributed by atoms with Gasteiger partial charge in [-0.25, -0.2) is 4.39 Å². The van der Waals surface area contributed by atoms with Crippen LogP contribution in [0.1, 0.15) is 18.2 Å². The lowest BCUT2D eigenvalue weighted by molar-refractivity contribution is 0.582. The molecule has 0 aliphatic carbocycles. The summed E-state index contributed by atoms with van der Waals surface area (Å²) in [6.07, 6.45) is 0.688. The molecule has 1 heterocycles. The number of hydrogen-bond donors (Lipinski definition) is 0. The molecule has 0 bridgehead atoms. The molecule has 2 aromatic rings. The fourth-order valence-corrected chi connectivity index (χ4v) is 1.93. The van der Waals surface area contributed by atoms with Gasteiger partial charge in [-0.2, -0.15) is 5.26 Å². The van der Waals surface area contributed by atoms with Crippen molar-refractivity contribution in [3.8, 4) is 6.07 Å². The van der Waals surface area contributed by atoms with Gasteiger partial charge in [-0.1, -0.05) is 6.92 Å². The maximum absolute atomic E-state index is 13.2. The minimum Gasteiger partial charge on any atom is -0.445 e. The van der Waals surface area contributed by atoms with Crippen LogP contribution in [-0.4, -0.2) is 0 Å². The Kier molecular flexibility index (Phi) is 2.49. The lowest BCUT2D eigenvalue weighted by Crippen LogP contribution is -1.82. The summed E-state index contributed by atoms with van der Waals surface area (Å²) in [5.74, 6) is -0.117. The molecule has 0 fully saturated rings. The van der Waals surface area contributed by atoms with Crippen LogP contribution < -0.4 is 0 Å². The largest absolute Gasteiger partial charge is 0.445 e. The SMILES string of the molecule is CCc1c(C#N)oc2cc(F)c(Br)cc12. The van der Waals surface area contributed by atoms with Crippen LogP contribution in [0.4, 0.5) is 4.39 Å². The predicted molar refractivity (Wildman–Crippen MR) is 58.0 cm³/mol. The van der Waals surface area contributed by atoms with Gasteiger partial charge in [-0.3, -0.25) is 0 Å². The van der Waals surface area contributed by atoms with Crippen LogP contribution >= 0.6 is 15.9 Å². The molecule has 2 nitrogen and oxygen atoms in total. The van der Waals surface area contributed by atoms with Crippen molar-refractivity contribution in [2.24, 2.45) is 0 Å². The predicted octanol–water partition coefficient (Wildman–Crippen LogP) is 3.77. The maximum Gasteiger partial charge on any atom is 0.207 e. The molecule has 1 aromatic heterocycles. The number of aryl methyl sites for hydroxylation is 1. The zero-order valence-corrected chi connectivity index (χ0v) is 9.56. The molecule has 0 aliphatic rings. The monoisotopic (exact) mass is 267 g/mol. The Hall–Kier alpha value is -1.34. The van der Waals surface area contributed by atoms with Gasteiger partial charge in [0.25, 0.3) is 0 Å². The maximum atomic E-state index is 13.2. The molecule has 0 saturated heterocycles. The molecule has 0 saturated carbocycles. The normalized spacial score (nSPS) is 10.5. The van der Waals surface area contributed by atoms with E-state index in [0.29, 0.717) is 16.5 Å². The van der Waals surface area contributed by atoms with Gasteiger partial charge in [0, 0.05) is 17.0 Å². The first-order valence-corrected chi connectivity index (χ1v) is 5.27. The minimum absolute atomic E-state index is 0.269. The van der Waals surface area contributed by atoms with Gasteiger partial charge < -0.3 is 4.42 Å². The number of fused-ring (bicyclic) bond motifs is 1. The number of rotatable bonds is 1. The molecule has 0 radical (unpaired) electrons. The molecule has 0 spiro atoms. The number of furan rings is 1. The van der Waals surface area contributed by atoms with E-state index < -0.39 is 0 Å². The molecule has 0 atom stereocenters. The van der Waals surface area contributed by atoms with E-state index in [1.54, 1.807) is 6.07 Å². The Morgan fingerprint density at radius 1 is 1.53 bits per heavy atom. The first-order chi connectivity index (χ1) is 7.17. The van der Waals surface area contributed by atoms with Crippen molar-refractivity contribution < 1.29 is 8.81 Å². The third-order valence-corrected chi connectivity index (χ3v) is 2.90. The van der Waals surface area contributed by atoms with E-state index in [1.165, 1.54) is 6.07 Å². The summed E-state index contributed by atoms with van der Waals surface area (Å²) in [5.41, 5.74) is 1.25. The number of nitrogens with zero attached hydrogens (tertiary/aromatic N) is 1. The molecule has 0 unspecified atom stereocenters. The van der Waals surface area contributed by atoms with Crippen LogP contribution in [0.2, 0.25) is 0 Å². The number of benzene rings is 1. The highest BCUT2D eigenvalue weighted by molar-refractivity contribution is 9.10. The smallest absolute Gasteiger partial charge is 0.207 e. The molecule has 1 aromatic carbocycles. The highest BCUT2D eigenvalue weighted by Gasteiger charge is 2.14. The van der Waals surface area contributed by atoms with Crippen molar-refractivity contribution in [3.63, 3.8) is 0 Å². The average molecular weight is 268 g/mol. The molecule has 0 aliphatic heterocycles. The van der Waals surface area contributed by atoms with Crippen LogP contribution in [0.5, 0.6) is 0 Å². The fraction of sp³-hybridized carbons (Fsp3) is 0.182. The van der Waals surface area contributed by atoms with Gasteiger partial charge in [0.15, 0.2) is 0 Å².